The van der Waals surface area contributed by atoms with Crippen LogP contribution >= 0.6 is 15.9 Å². The van der Waals surface area contributed by atoms with Gasteiger partial charge in [-0.1, -0.05) is 42.8 Å². The van der Waals surface area contributed by atoms with Crippen LogP contribution in [0.5, 0.6) is 0 Å². The topological polar surface area (TPSA) is 29.3 Å². The summed E-state index contributed by atoms with van der Waals surface area (Å²) in [6, 6.07) is 6.37. The molecule has 1 aromatic carbocycles. The molecule has 0 spiro atoms. The molecule has 3 heteroatoms. The second kappa shape index (κ2) is 5.22. The zero-order valence-electron chi connectivity index (χ0n) is 11.5. The van der Waals surface area contributed by atoms with Crippen LogP contribution in [0.15, 0.2) is 22.7 Å². The Labute approximate surface area is 119 Å². The molecule has 18 heavy (non-hydrogen) atoms. The smallest absolute Gasteiger partial charge is 0.0423 e. The van der Waals surface area contributed by atoms with Crippen molar-refractivity contribution in [2.75, 3.05) is 18.0 Å². The fourth-order valence-corrected chi connectivity index (χ4v) is 3.25. The SMILES string of the molecule is CC(C)(C)C1CCN(c2cccc(Br)c2CN)C1. The normalized spacial score (nSPS) is 20.5. The van der Waals surface area contributed by atoms with Crippen molar-refractivity contribution in [2.45, 2.75) is 33.7 Å². The Morgan fingerprint density at radius 1 is 1.39 bits per heavy atom. The molecule has 100 valence electrons. The Morgan fingerprint density at radius 3 is 2.67 bits per heavy atom. The highest BCUT2D eigenvalue weighted by atomic mass is 79.9. The van der Waals surface area contributed by atoms with Gasteiger partial charge in [0.1, 0.15) is 0 Å². The fraction of sp³-hybridized carbons (Fsp3) is 0.600. The molecule has 0 amide bonds. The lowest BCUT2D eigenvalue weighted by Crippen LogP contribution is -2.26. The molecule has 1 aliphatic rings. The van der Waals surface area contributed by atoms with E-state index >= 15 is 0 Å². The summed E-state index contributed by atoms with van der Waals surface area (Å²) in [6.45, 7) is 9.90. The van der Waals surface area contributed by atoms with E-state index in [1.807, 2.05) is 0 Å². The van der Waals surface area contributed by atoms with Crippen LogP contribution in [-0.2, 0) is 6.54 Å². The van der Waals surface area contributed by atoms with E-state index in [9.17, 15) is 0 Å². The zero-order valence-corrected chi connectivity index (χ0v) is 13.1. The van der Waals surface area contributed by atoms with Crippen LogP contribution in [0, 0.1) is 11.3 Å². The average molecular weight is 311 g/mol. The van der Waals surface area contributed by atoms with Crippen LogP contribution in [0.1, 0.15) is 32.8 Å². The summed E-state index contributed by atoms with van der Waals surface area (Å²) in [5, 5.41) is 0. The van der Waals surface area contributed by atoms with Gasteiger partial charge in [0.15, 0.2) is 0 Å². The number of nitrogens with zero attached hydrogens (tertiary/aromatic N) is 1. The van der Waals surface area contributed by atoms with Crippen molar-refractivity contribution >= 4 is 21.6 Å². The van der Waals surface area contributed by atoms with Gasteiger partial charge in [0.25, 0.3) is 0 Å². The number of nitrogens with two attached hydrogens (primary N) is 1. The standard InChI is InChI=1S/C15H23BrN2/c1-15(2,3)11-7-8-18(10-11)14-6-4-5-13(16)12(14)9-17/h4-6,11H,7-10,17H2,1-3H3. The fourth-order valence-electron chi connectivity index (χ4n) is 2.73. The molecule has 1 heterocycles. The monoisotopic (exact) mass is 310 g/mol. The minimum atomic E-state index is 0.393. The third-order valence-corrected chi connectivity index (χ3v) is 4.79. The summed E-state index contributed by atoms with van der Waals surface area (Å²) in [5.74, 6) is 0.766. The first-order chi connectivity index (χ1) is 8.43. The summed E-state index contributed by atoms with van der Waals surface area (Å²) in [5.41, 5.74) is 8.81. The molecule has 2 N–H and O–H groups in total. The van der Waals surface area contributed by atoms with Gasteiger partial charge >= 0.3 is 0 Å². The maximum atomic E-state index is 5.88. The second-order valence-electron chi connectivity index (χ2n) is 6.24. The number of hydrogen-bond acceptors (Lipinski definition) is 2. The third-order valence-electron chi connectivity index (χ3n) is 4.05. The van der Waals surface area contributed by atoms with Gasteiger partial charge in [-0.05, 0) is 29.9 Å². The van der Waals surface area contributed by atoms with Crippen LogP contribution in [0.25, 0.3) is 0 Å². The summed E-state index contributed by atoms with van der Waals surface area (Å²) in [7, 11) is 0. The molecule has 1 atom stereocenters. The van der Waals surface area contributed by atoms with E-state index in [0.29, 0.717) is 12.0 Å². The van der Waals surface area contributed by atoms with Crippen LogP contribution < -0.4 is 10.6 Å². The van der Waals surface area contributed by atoms with Gasteiger partial charge in [-0.2, -0.15) is 0 Å². The van der Waals surface area contributed by atoms with Crippen molar-refractivity contribution in [2.24, 2.45) is 17.1 Å². The van der Waals surface area contributed by atoms with Crippen LogP contribution in [0.4, 0.5) is 5.69 Å². The van der Waals surface area contributed by atoms with E-state index in [0.717, 1.165) is 23.5 Å². The molecule has 1 unspecified atom stereocenters. The Morgan fingerprint density at radius 2 is 2.11 bits per heavy atom. The molecule has 0 radical (unpaired) electrons. The van der Waals surface area contributed by atoms with Gasteiger partial charge in [-0.25, -0.2) is 0 Å². The lowest BCUT2D eigenvalue weighted by atomic mass is 9.80. The lowest BCUT2D eigenvalue weighted by Gasteiger charge is -2.28. The average Bonchev–Trinajstić information content (AvgIpc) is 2.77. The predicted molar refractivity (Wildman–Crippen MR) is 81.8 cm³/mol. The Bertz CT molecular complexity index is 423. The molecule has 0 aliphatic carbocycles. The van der Waals surface area contributed by atoms with Crippen LogP contribution in [-0.4, -0.2) is 13.1 Å². The van der Waals surface area contributed by atoms with Gasteiger partial charge in [-0.15, -0.1) is 0 Å². The van der Waals surface area contributed by atoms with Crippen molar-refractivity contribution in [3.05, 3.63) is 28.2 Å². The first kappa shape index (κ1) is 13.9. The van der Waals surface area contributed by atoms with Crippen molar-refractivity contribution in [1.29, 1.82) is 0 Å². The van der Waals surface area contributed by atoms with E-state index in [-0.39, 0.29) is 0 Å². The molecule has 0 saturated carbocycles. The number of halogens is 1. The second-order valence-corrected chi connectivity index (χ2v) is 7.09. The molecular formula is C15H23BrN2. The van der Waals surface area contributed by atoms with Crippen molar-refractivity contribution in [1.82, 2.24) is 0 Å². The van der Waals surface area contributed by atoms with Gasteiger partial charge in [-0.3, -0.25) is 0 Å². The largest absolute Gasteiger partial charge is 0.371 e. The van der Waals surface area contributed by atoms with E-state index < -0.39 is 0 Å². The van der Waals surface area contributed by atoms with Gasteiger partial charge in [0, 0.05) is 35.4 Å². The van der Waals surface area contributed by atoms with E-state index in [4.69, 9.17) is 5.73 Å². The quantitative estimate of drug-likeness (QED) is 0.900. The first-order valence-electron chi connectivity index (χ1n) is 6.66. The minimum Gasteiger partial charge on any atom is -0.371 e. The highest BCUT2D eigenvalue weighted by Gasteiger charge is 2.32. The molecule has 1 fully saturated rings. The maximum absolute atomic E-state index is 5.88. The van der Waals surface area contributed by atoms with E-state index in [1.54, 1.807) is 0 Å². The Balaban J connectivity index is 2.22. The number of rotatable bonds is 2. The molecule has 1 aromatic rings. The summed E-state index contributed by atoms with van der Waals surface area (Å²) in [6.07, 6.45) is 1.28. The number of hydrogen-bond donors (Lipinski definition) is 1. The molecule has 1 saturated heterocycles. The van der Waals surface area contributed by atoms with Crippen LogP contribution in [0.2, 0.25) is 0 Å². The van der Waals surface area contributed by atoms with Gasteiger partial charge < -0.3 is 10.6 Å². The van der Waals surface area contributed by atoms with Crippen molar-refractivity contribution < 1.29 is 0 Å². The first-order valence-corrected chi connectivity index (χ1v) is 7.45. The van der Waals surface area contributed by atoms with Gasteiger partial charge in [0.05, 0.1) is 0 Å². The predicted octanol–water partition coefficient (Wildman–Crippen LogP) is 3.78. The molecule has 0 aromatic heterocycles. The summed E-state index contributed by atoms with van der Waals surface area (Å²) >= 11 is 3.60. The Kier molecular flexibility index (Phi) is 4.02. The zero-order chi connectivity index (χ0) is 13.3. The van der Waals surface area contributed by atoms with Crippen molar-refractivity contribution in [3.8, 4) is 0 Å². The van der Waals surface area contributed by atoms with E-state index in [1.165, 1.54) is 17.7 Å². The number of benzene rings is 1. The maximum Gasteiger partial charge on any atom is 0.0423 e. The minimum absolute atomic E-state index is 0.393. The highest BCUT2D eigenvalue weighted by molar-refractivity contribution is 9.10. The molecule has 1 aliphatic heterocycles. The highest BCUT2D eigenvalue weighted by Crippen LogP contribution is 2.37. The Hall–Kier alpha value is -0.540. The van der Waals surface area contributed by atoms with E-state index in [2.05, 4.69) is 59.8 Å². The molecular weight excluding hydrogens is 288 g/mol. The summed E-state index contributed by atoms with van der Waals surface area (Å²) < 4.78 is 1.13. The van der Waals surface area contributed by atoms with Gasteiger partial charge in [0.2, 0.25) is 0 Å². The van der Waals surface area contributed by atoms with Crippen molar-refractivity contribution in [3.63, 3.8) is 0 Å². The number of anilines is 1. The molecule has 2 nitrogen and oxygen atoms in total. The molecule has 2 rings (SSSR count). The lowest BCUT2D eigenvalue weighted by molar-refractivity contribution is 0.263. The molecule has 0 bridgehead atoms. The van der Waals surface area contributed by atoms with Crippen LogP contribution in [0.3, 0.4) is 0 Å². The third kappa shape index (κ3) is 2.72. The summed E-state index contributed by atoms with van der Waals surface area (Å²) in [4.78, 5) is 2.49.